The number of likely N-dealkylation sites (tertiary alicyclic amines) is 1. The number of amides is 2. The highest BCUT2D eigenvalue weighted by Crippen LogP contribution is 2.36. The van der Waals surface area contributed by atoms with Crippen LogP contribution in [0.15, 0.2) is 47.7 Å². The lowest BCUT2D eigenvalue weighted by Gasteiger charge is -2.41. The van der Waals surface area contributed by atoms with E-state index in [2.05, 4.69) is 5.32 Å². The molecule has 1 unspecified atom stereocenters. The molecule has 3 rings (SSSR count). The van der Waals surface area contributed by atoms with Gasteiger partial charge in [-0.3, -0.25) is 9.59 Å². The number of hydrogen-bond acceptors (Lipinski definition) is 4. The van der Waals surface area contributed by atoms with Crippen molar-refractivity contribution in [2.45, 2.75) is 30.8 Å². The number of alkyl halides is 6. The lowest BCUT2D eigenvalue weighted by atomic mass is 9.90. The molecule has 32 heavy (non-hydrogen) atoms. The molecule has 0 radical (unpaired) electrons. The summed E-state index contributed by atoms with van der Waals surface area (Å²) in [4.78, 5) is 26.1. The first-order valence-corrected chi connectivity index (χ1v) is 9.50. The second-order valence-electron chi connectivity index (χ2n) is 7.39. The summed E-state index contributed by atoms with van der Waals surface area (Å²) in [5.41, 5.74) is 1.04. The number of benzene rings is 1. The SMILES string of the molecule is NC(=O)C1(Oc2ccc(C(F)(F)F)cc2)CCCN(C(=O)C2=CNCC=C2C(F)(F)F)C1. The molecule has 2 amide bonds. The highest BCUT2D eigenvalue weighted by atomic mass is 19.4. The Hall–Kier alpha value is -3.18. The number of primary amides is 1. The second-order valence-corrected chi connectivity index (χ2v) is 7.39. The van der Waals surface area contributed by atoms with E-state index in [-0.39, 0.29) is 31.7 Å². The van der Waals surface area contributed by atoms with Gasteiger partial charge < -0.3 is 20.7 Å². The Morgan fingerprint density at radius 2 is 1.72 bits per heavy atom. The van der Waals surface area contributed by atoms with Crippen LogP contribution in [0, 0.1) is 0 Å². The summed E-state index contributed by atoms with van der Waals surface area (Å²) in [6.07, 6.45) is -7.30. The molecule has 0 saturated carbocycles. The van der Waals surface area contributed by atoms with Crippen LogP contribution < -0.4 is 15.8 Å². The van der Waals surface area contributed by atoms with Crippen molar-refractivity contribution in [1.82, 2.24) is 10.2 Å². The first-order valence-electron chi connectivity index (χ1n) is 9.50. The van der Waals surface area contributed by atoms with Crippen molar-refractivity contribution in [3.05, 3.63) is 53.3 Å². The molecular weight excluding hydrogens is 444 g/mol. The molecule has 2 aliphatic rings. The molecule has 174 valence electrons. The number of nitrogens with two attached hydrogens (primary N) is 1. The van der Waals surface area contributed by atoms with Gasteiger partial charge in [0.2, 0.25) is 5.60 Å². The van der Waals surface area contributed by atoms with Crippen LogP contribution in [0.3, 0.4) is 0 Å². The van der Waals surface area contributed by atoms with Crippen LogP contribution in [0.2, 0.25) is 0 Å². The summed E-state index contributed by atoms with van der Waals surface area (Å²) in [6, 6.07) is 3.53. The van der Waals surface area contributed by atoms with E-state index in [0.717, 1.165) is 41.4 Å². The van der Waals surface area contributed by atoms with Crippen molar-refractivity contribution in [2.24, 2.45) is 5.73 Å². The Bertz CT molecular complexity index is 953. The Labute approximate surface area is 178 Å². The van der Waals surface area contributed by atoms with Gasteiger partial charge in [-0.1, -0.05) is 6.08 Å². The maximum atomic E-state index is 13.3. The highest BCUT2D eigenvalue weighted by molar-refractivity contribution is 5.99. The van der Waals surface area contributed by atoms with Crippen LogP contribution in [0.1, 0.15) is 18.4 Å². The van der Waals surface area contributed by atoms with Crippen molar-refractivity contribution >= 4 is 11.8 Å². The molecule has 1 aromatic carbocycles. The molecule has 2 aliphatic heterocycles. The van der Waals surface area contributed by atoms with E-state index >= 15 is 0 Å². The first kappa shape index (κ1) is 23.5. The lowest BCUT2D eigenvalue weighted by Crippen LogP contribution is -2.60. The molecule has 1 aromatic rings. The van der Waals surface area contributed by atoms with E-state index in [1.165, 1.54) is 0 Å². The summed E-state index contributed by atoms with van der Waals surface area (Å²) in [6.45, 7) is -0.509. The highest BCUT2D eigenvalue weighted by Gasteiger charge is 2.47. The number of carbonyl (C=O) groups is 2. The number of dihydropyridines is 1. The van der Waals surface area contributed by atoms with E-state index < -0.39 is 53.0 Å². The van der Waals surface area contributed by atoms with Gasteiger partial charge in [-0.15, -0.1) is 0 Å². The third-order valence-corrected chi connectivity index (χ3v) is 5.18. The van der Waals surface area contributed by atoms with Crippen molar-refractivity contribution in [3.63, 3.8) is 0 Å². The number of halogens is 6. The molecular formula is C20H19F6N3O3. The first-order chi connectivity index (χ1) is 14.8. The van der Waals surface area contributed by atoms with Crippen LogP contribution in [-0.4, -0.2) is 48.1 Å². The van der Waals surface area contributed by atoms with Gasteiger partial charge in [0.05, 0.1) is 23.3 Å². The maximum Gasteiger partial charge on any atom is 0.416 e. The fraction of sp³-hybridized carbons (Fsp3) is 0.400. The molecule has 1 atom stereocenters. The number of piperidine rings is 1. The molecule has 3 N–H and O–H groups in total. The number of ether oxygens (including phenoxy) is 1. The normalized spacial score (nSPS) is 21.9. The molecule has 0 spiro atoms. The second kappa shape index (κ2) is 8.40. The smallest absolute Gasteiger partial charge is 0.416 e. The molecule has 1 saturated heterocycles. The monoisotopic (exact) mass is 463 g/mol. The summed E-state index contributed by atoms with van der Waals surface area (Å²) in [5.74, 6) is -2.06. The number of hydrogen-bond donors (Lipinski definition) is 2. The fourth-order valence-corrected chi connectivity index (χ4v) is 3.59. The molecule has 1 fully saturated rings. The number of rotatable bonds is 4. The average Bonchev–Trinajstić information content (AvgIpc) is 2.72. The zero-order valence-electron chi connectivity index (χ0n) is 16.5. The van der Waals surface area contributed by atoms with Crippen LogP contribution in [0.5, 0.6) is 5.75 Å². The van der Waals surface area contributed by atoms with Crippen LogP contribution >= 0.6 is 0 Å². The average molecular weight is 463 g/mol. The van der Waals surface area contributed by atoms with Gasteiger partial charge in [-0.2, -0.15) is 26.3 Å². The molecule has 0 aromatic heterocycles. The minimum Gasteiger partial charge on any atom is -0.476 e. The van der Waals surface area contributed by atoms with Gasteiger partial charge >= 0.3 is 12.4 Å². The Morgan fingerprint density at radius 1 is 1.06 bits per heavy atom. The van der Waals surface area contributed by atoms with Gasteiger partial charge in [0, 0.05) is 19.3 Å². The van der Waals surface area contributed by atoms with Crippen LogP contribution in [-0.2, 0) is 15.8 Å². The van der Waals surface area contributed by atoms with Gasteiger partial charge in [0.25, 0.3) is 11.8 Å². The molecule has 12 heteroatoms. The third-order valence-electron chi connectivity index (χ3n) is 5.18. The minimum absolute atomic E-state index is 0.0341. The van der Waals surface area contributed by atoms with Crippen molar-refractivity contribution < 1.29 is 40.7 Å². The Kier molecular flexibility index (Phi) is 6.16. The zero-order chi connectivity index (χ0) is 23.7. The van der Waals surface area contributed by atoms with E-state index in [4.69, 9.17) is 10.5 Å². The van der Waals surface area contributed by atoms with Crippen LogP contribution in [0.25, 0.3) is 0 Å². The van der Waals surface area contributed by atoms with Gasteiger partial charge in [-0.05, 0) is 37.1 Å². The fourth-order valence-electron chi connectivity index (χ4n) is 3.59. The Balaban J connectivity index is 1.83. The molecule has 0 bridgehead atoms. The molecule has 0 aliphatic carbocycles. The summed E-state index contributed by atoms with van der Waals surface area (Å²) >= 11 is 0. The number of nitrogens with zero attached hydrogens (tertiary/aromatic N) is 1. The van der Waals surface area contributed by atoms with Gasteiger partial charge in [-0.25, -0.2) is 0 Å². The predicted octanol–water partition coefficient (Wildman–Crippen LogP) is 2.91. The summed E-state index contributed by atoms with van der Waals surface area (Å²) in [5, 5.41) is 2.56. The molecule has 2 heterocycles. The van der Waals surface area contributed by atoms with E-state index in [9.17, 15) is 35.9 Å². The topological polar surface area (TPSA) is 84.7 Å². The van der Waals surface area contributed by atoms with Gasteiger partial charge in [0.15, 0.2) is 0 Å². The van der Waals surface area contributed by atoms with Crippen LogP contribution in [0.4, 0.5) is 26.3 Å². The largest absolute Gasteiger partial charge is 0.476 e. The Morgan fingerprint density at radius 3 is 2.28 bits per heavy atom. The minimum atomic E-state index is -4.75. The summed E-state index contributed by atoms with van der Waals surface area (Å²) in [7, 11) is 0. The number of carbonyl (C=O) groups excluding carboxylic acids is 2. The predicted molar refractivity (Wildman–Crippen MR) is 100 cm³/mol. The zero-order valence-corrected chi connectivity index (χ0v) is 16.5. The van der Waals surface area contributed by atoms with Crippen molar-refractivity contribution in [2.75, 3.05) is 19.6 Å². The van der Waals surface area contributed by atoms with Crippen molar-refractivity contribution in [1.29, 1.82) is 0 Å². The molecule has 6 nitrogen and oxygen atoms in total. The van der Waals surface area contributed by atoms with E-state index in [1.807, 2.05) is 0 Å². The standard InChI is InChI=1S/C20H19F6N3O3/c21-19(22,23)12-2-4-13(5-3-12)32-18(17(27)31)7-1-9-29(11-18)16(30)14-10-28-8-6-15(14)20(24,25)26/h2-6,10,28H,1,7-9,11H2,(H2,27,31). The summed E-state index contributed by atoms with van der Waals surface area (Å²) < 4.78 is 83.9. The maximum absolute atomic E-state index is 13.3. The number of nitrogens with one attached hydrogen (secondary N) is 1. The third kappa shape index (κ3) is 4.83. The lowest BCUT2D eigenvalue weighted by molar-refractivity contribution is -0.145. The van der Waals surface area contributed by atoms with E-state index in [1.54, 1.807) is 0 Å². The van der Waals surface area contributed by atoms with Crippen molar-refractivity contribution in [3.8, 4) is 5.75 Å². The quantitative estimate of drug-likeness (QED) is 0.673. The van der Waals surface area contributed by atoms with Gasteiger partial charge in [0.1, 0.15) is 5.75 Å². The van der Waals surface area contributed by atoms with E-state index in [0.29, 0.717) is 0 Å².